The van der Waals surface area contributed by atoms with Gasteiger partial charge in [-0.1, -0.05) is 0 Å². The predicted molar refractivity (Wildman–Crippen MR) is 217 cm³/mol. The predicted octanol–water partition coefficient (Wildman–Crippen LogP) is 3.70. The van der Waals surface area contributed by atoms with Crippen LogP contribution in [0, 0.1) is 20.2 Å². The first-order valence-corrected chi connectivity index (χ1v) is 17.1. The maximum absolute atomic E-state index is 13.0. The third-order valence-corrected chi connectivity index (χ3v) is 9.21. The second kappa shape index (κ2) is 15.7. The normalized spacial score (nSPS) is 11.4. The van der Waals surface area contributed by atoms with Gasteiger partial charge in [-0.3, -0.25) is 43.6 Å². The number of carbonyl (C=O) groups is 1. The van der Waals surface area contributed by atoms with Gasteiger partial charge in [0.05, 0.1) is 37.4 Å². The molecule has 5 aromatic heterocycles. The standard InChI is InChI=1S/C17H13N7O3S.C14H6N4O4.C3H9N3S/c1-22(2)17(28)21-20-13-11-8-9(24(26)27)5-6-12(11)23-15(13)19-14-10(16(23)25)4-3-7-18-14;19-11-9-6-7(18(21)22)3-4-10(9)17-13(11)16-12-8(14(17)20)2-1-5-15-12;1-6(2)3(7)5-4/h3-8H,1-2H3,(H,18,19);1-6H;4H2,1-2H3,(H,5,7). The van der Waals surface area contributed by atoms with Gasteiger partial charge in [0.25, 0.3) is 22.5 Å². The monoisotopic (exact) mass is 808 g/mol. The van der Waals surface area contributed by atoms with E-state index < -0.39 is 21.2 Å². The summed E-state index contributed by atoms with van der Waals surface area (Å²) in [5.74, 6) is 4.34. The van der Waals surface area contributed by atoms with E-state index in [1.165, 1.54) is 45.5 Å². The average Bonchev–Trinajstić information content (AvgIpc) is 3.67. The molecule has 0 saturated carbocycles. The molecule has 0 aliphatic carbocycles. The summed E-state index contributed by atoms with van der Waals surface area (Å²) < 4.78 is 2.58. The van der Waals surface area contributed by atoms with E-state index in [0.29, 0.717) is 38.4 Å². The molecule has 1 aliphatic rings. The fourth-order valence-electron chi connectivity index (χ4n) is 5.56. The summed E-state index contributed by atoms with van der Waals surface area (Å²) in [4.78, 5) is 77.6. The highest BCUT2D eigenvalue weighted by atomic mass is 32.1. The molecule has 0 spiro atoms. The summed E-state index contributed by atoms with van der Waals surface area (Å²) in [7, 11) is 7.09. The van der Waals surface area contributed by atoms with E-state index in [9.17, 15) is 34.6 Å². The van der Waals surface area contributed by atoms with Crippen LogP contribution in [0.4, 0.5) is 17.1 Å². The SMILES string of the molecule is CN(C)C(=S)N=Nc1c2cc([N+](=O)[O-])ccc2n2c(=O)c3cccnc3[nH]c12.CN(C)C(=S)NN.O=C1c2cc([N+](=O)[O-])ccc2-n2c1nc1ncccc1c2=O. The maximum atomic E-state index is 13.0. The van der Waals surface area contributed by atoms with Gasteiger partial charge in [-0.05, 0) is 60.8 Å². The summed E-state index contributed by atoms with van der Waals surface area (Å²) in [5, 5.41) is 32.1. The number of H-pyrrole nitrogens is 1. The largest absolute Gasteiger partial charge is 0.354 e. The van der Waals surface area contributed by atoms with Crippen LogP contribution in [0.15, 0.2) is 92.9 Å². The number of benzene rings is 2. The number of non-ortho nitro benzene ring substituents is 2. The quantitative estimate of drug-likeness (QED) is 0.0755. The molecule has 21 nitrogen and oxygen atoms in total. The number of nitrogens with one attached hydrogen (secondary N) is 2. The van der Waals surface area contributed by atoms with Crippen molar-refractivity contribution in [2.45, 2.75) is 0 Å². The molecule has 0 saturated heterocycles. The number of nitrogens with two attached hydrogens (primary N) is 1. The minimum Gasteiger partial charge on any atom is -0.354 e. The Labute approximate surface area is 329 Å². The Morgan fingerprint density at radius 3 is 2.14 bits per heavy atom. The summed E-state index contributed by atoms with van der Waals surface area (Å²) in [6, 6.07) is 14.5. The third-order valence-electron chi connectivity index (χ3n) is 8.28. The second-order valence-electron chi connectivity index (χ2n) is 12.3. The molecular weight excluding hydrogens is 781 g/mol. The van der Waals surface area contributed by atoms with Crippen LogP contribution in [0.2, 0.25) is 0 Å². The molecule has 0 atom stereocenters. The Hall–Kier alpha value is -7.50. The van der Waals surface area contributed by atoms with Crippen LogP contribution in [-0.4, -0.2) is 92.7 Å². The minimum absolute atomic E-state index is 0.0771. The molecule has 2 aromatic carbocycles. The number of ketones is 1. The Balaban J connectivity index is 0.000000169. The summed E-state index contributed by atoms with van der Waals surface area (Å²) in [6.45, 7) is 0. The van der Waals surface area contributed by atoms with E-state index in [0.717, 1.165) is 6.07 Å². The van der Waals surface area contributed by atoms with Crippen molar-refractivity contribution in [1.29, 1.82) is 0 Å². The zero-order chi connectivity index (χ0) is 41.3. The summed E-state index contributed by atoms with van der Waals surface area (Å²) in [5.41, 5.74) is 3.27. The molecule has 4 N–H and O–H groups in total. The van der Waals surface area contributed by atoms with Crippen LogP contribution in [0.3, 0.4) is 0 Å². The van der Waals surface area contributed by atoms with Gasteiger partial charge >= 0.3 is 0 Å². The smallest absolute Gasteiger partial charge is 0.270 e. The highest BCUT2D eigenvalue weighted by Gasteiger charge is 2.32. The molecule has 0 amide bonds. The van der Waals surface area contributed by atoms with Crippen molar-refractivity contribution in [3.05, 3.63) is 125 Å². The van der Waals surface area contributed by atoms with Crippen LogP contribution in [0.1, 0.15) is 16.2 Å². The number of fused-ring (bicyclic) bond motifs is 8. The highest BCUT2D eigenvalue weighted by molar-refractivity contribution is 7.80. The fourth-order valence-corrected chi connectivity index (χ4v) is 5.60. The van der Waals surface area contributed by atoms with E-state index in [1.807, 2.05) is 14.1 Å². The number of nitro benzene ring substituents is 2. The number of azo groups is 1. The van der Waals surface area contributed by atoms with Gasteiger partial charge in [0.15, 0.2) is 16.6 Å². The van der Waals surface area contributed by atoms with Crippen molar-refractivity contribution in [2.75, 3.05) is 28.2 Å². The van der Waals surface area contributed by atoms with Crippen LogP contribution >= 0.6 is 24.4 Å². The van der Waals surface area contributed by atoms with E-state index in [-0.39, 0.29) is 50.2 Å². The number of hydrazine groups is 1. The highest BCUT2D eigenvalue weighted by Crippen LogP contribution is 2.35. The first kappa shape index (κ1) is 39.2. The van der Waals surface area contributed by atoms with Gasteiger partial charge < -0.3 is 20.2 Å². The van der Waals surface area contributed by atoms with Crippen molar-refractivity contribution in [1.82, 2.24) is 44.1 Å². The number of rotatable bonds is 3. The zero-order valence-electron chi connectivity index (χ0n) is 30.1. The van der Waals surface area contributed by atoms with Crippen molar-refractivity contribution in [2.24, 2.45) is 16.1 Å². The van der Waals surface area contributed by atoms with E-state index in [2.05, 4.69) is 47.8 Å². The maximum Gasteiger partial charge on any atom is 0.270 e. The molecule has 0 fully saturated rings. The van der Waals surface area contributed by atoms with Crippen molar-refractivity contribution in [3.63, 3.8) is 0 Å². The first-order valence-electron chi connectivity index (χ1n) is 16.3. The second-order valence-corrected chi connectivity index (χ2v) is 13.0. The molecule has 6 heterocycles. The molecule has 57 heavy (non-hydrogen) atoms. The van der Waals surface area contributed by atoms with Crippen LogP contribution in [-0.2, 0) is 0 Å². The van der Waals surface area contributed by atoms with Crippen LogP contribution < -0.4 is 22.4 Å². The van der Waals surface area contributed by atoms with Crippen molar-refractivity contribution in [3.8, 4) is 5.69 Å². The van der Waals surface area contributed by atoms with Gasteiger partial charge in [-0.25, -0.2) is 20.8 Å². The van der Waals surface area contributed by atoms with Crippen LogP contribution in [0.25, 0.3) is 44.3 Å². The number of aromatic nitrogens is 6. The Bertz CT molecular complexity index is 2990. The lowest BCUT2D eigenvalue weighted by Crippen LogP contribution is -2.38. The van der Waals surface area contributed by atoms with Gasteiger partial charge in [-0.2, -0.15) is 0 Å². The fraction of sp³-hybridized carbons (Fsp3) is 0.118. The number of nitrogens with zero attached hydrogens (tertiary/aromatic N) is 11. The molecule has 23 heteroatoms. The molecule has 8 rings (SSSR count). The number of nitro groups is 2. The van der Waals surface area contributed by atoms with Crippen LogP contribution in [0.5, 0.6) is 0 Å². The summed E-state index contributed by atoms with van der Waals surface area (Å²) in [6.07, 6.45) is 3.04. The van der Waals surface area contributed by atoms with Gasteiger partial charge in [0.2, 0.25) is 10.9 Å². The first-order chi connectivity index (χ1) is 27.1. The minimum atomic E-state index is -0.592. The number of aromatic amines is 1. The number of hydrogen-bond acceptors (Lipinski definition) is 14. The van der Waals surface area contributed by atoms with Crippen molar-refractivity contribution < 1.29 is 14.6 Å². The lowest BCUT2D eigenvalue weighted by molar-refractivity contribution is -0.385. The lowest BCUT2D eigenvalue weighted by atomic mass is 10.1. The van der Waals surface area contributed by atoms with Gasteiger partial charge in [0.1, 0.15) is 17.0 Å². The summed E-state index contributed by atoms with van der Waals surface area (Å²) >= 11 is 9.80. The zero-order valence-corrected chi connectivity index (χ0v) is 31.7. The lowest BCUT2D eigenvalue weighted by Gasteiger charge is -2.10. The Kier molecular flexibility index (Phi) is 10.8. The number of carbonyl (C=O) groups excluding carboxylic acids is 1. The number of pyridine rings is 2. The molecular formula is C34H28N14O7S2. The Morgan fingerprint density at radius 2 is 1.51 bits per heavy atom. The average molecular weight is 809 g/mol. The van der Waals surface area contributed by atoms with E-state index in [4.69, 9.17) is 18.1 Å². The third kappa shape index (κ3) is 7.34. The van der Waals surface area contributed by atoms with E-state index in [1.54, 1.807) is 54.4 Å². The Morgan fingerprint density at radius 1 is 0.860 bits per heavy atom. The molecule has 7 aromatic rings. The van der Waals surface area contributed by atoms with Crippen molar-refractivity contribution >= 4 is 96.1 Å². The molecule has 0 bridgehead atoms. The molecule has 0 unspecified atom stereocenters. The molecule has 1 aliphatic heterocycles. The van der Waals surface area contributed by atoms with Gasteiger partial charge in [0, 0.05) is 70.2 Å². The molecule has 288 valence electrons. The number of thiocarbonyl (C=S) groups is 2. The van der Waals surface area contributed by atoms with Gasteiger partial charge in [-0.15, -0.1) is 10.2 Å². The topological polar surface area (TPSA) is 271 Å². The molecule has 0 radical (unpaired) electrons. The number of hydrogen-bond donors (Lipinski definition) is 3. The van der Waals surface area contributed by atoms with E-state index >= 15 is 0 Å².